The second-order valence-electron chi connectivity index (χ2n) is 6.54. The van der Waals surface area contributed by atoms with Crippen molar-refractivity contribution < 1.29 is 4.79 Å². The van der Waals surface area contributed by atoms with Crippen LogP contribution in [0.3, 0.4) is 0 Å². The van der Waals surface area contributed by atoms with Crippen molar-refractivity contribution in [1.82, 2.24) is 19.7 Å². The molecule has 1 fully saturated rings. The first kappa shape index (κ1) is 16.9. The number of hydrogen-bond donors (Lipinski definition) is 1. The Morgan fingerprint density at radius 1 is 1.15 bits per heavy atom. The first-order chi connectivity index (χ1) is 12.6. The minimum atomic E-state index is -0.454. The molecule has 0 bridgehead atoms. The highest BCUT2D eigenvalue weighted by molar-refractivity contribution is 9.10. The van der Waals surface area contributed by atoms with Crippen LogP contribution in [0.15, 0.2) is 53.4 Å². The average Bonchev–Trinajstić information content (AvgIpc) is 3.02. The van der Waals surface area contributed by atoms with Gasteiger partial charge < -0.3 is 5.32 Å². The van der Waals surface area contributed by atoms with E-state index in [2.05, 4.69) is 36.3 Å². The maximum Gasteiger partial charge on any atom is 0.236 e. The van der Waals surface area contributed by atoms with Crippen molar-refractivity contribution in [1.29, 1.82) is 0 Å². The molecule has 6 nitrogen and oxygen atoms in total. The van der Waals surface area contributed by atoms with Gasteiger partial charge in [0.15, 0.2) is 5.82 Å². The molecule has 0 spiro atoms. The molecule has 7 heteroatoms. The summed E-state index contributed by atoms with van der Waals surface area (Å²) in [5, 5.41) is 7.04. The quantitative estimate of drug-likeness (QED) is 0.710. The Morgan fingerprint density at radius 3 is 2.46 bits per heavy atom. The maximum absolute atomic E-state index is 13.0. The Bertz CT molecular complexity index is 929. The molecular formula is C19H18BrN5O. The SMILES string of the molecule is Cn1ncnc1-c1ccc(NC(=O)C2(c3ccc(Br)cc3)CCC2)nc1. The molecular weight excluding hydrogens is 394 g/mol. The lowest BCUT2D eigenvalue weighted by atomic mass is 9.64. The maximum atomic E-state index is 13.0. The van der Waals surface area contributed by atoms with E-state index < -0.39 is 5.41 Å². The number of benzene rings is 1. The zero-order valence-corrected chi connectivity index (χ0v) is 15.9. The third kappa shape index (κ3) is 2.92. The Morgan fingerprint density at radius 2 is 1.92 bits per heavy atom. The zero-order chi connectivity index (χ0) is 18.1. The summed E-state index contributed by atoms with van der Waals surface area (Å²) < 4.78 is 2.70. The molecule has 1 aliphatic rings. The van der Waals surface area contributed by atoms with E-state index >= 15 is 0 Å². The van der Waals surface area contributed by atoms with Crippen LogP contribution in [0.25, 0.3) is 11.4 Å². The van der Waals surface area contributed by atoms with Crippen molar-refractivity contribution in [2.75, 3.05) is 5.32 Å². The first-order valence-electron chi connectivity index (χ1n) is 8.46. The smallest absolute Gasteiger partial charge is 0.236 e. The third-order valence-corrected chi connectivity index (χ3v) is 5.54. The van der Waals surface area contributed by atoms with Gasteiger partial charge in [0.2, 0.25) is 5.91 Å². The largest absolute Gasteiger partial charge is 0.310 e. The van der Waals surface area contributed by atoms with Crippen LogP contribution in [0.1, 0.15) is 24.8 Å². The minimum Gasteiger partial charge on any atom is -0.310 e. The van der Waals surface area contributed by atoms with Gasteiger partial charge in [0.25, 0.3) is 0 Å². The molecule has 3 aromatic rings. The predicted octanol–water partition coefficient (Wildman–Crippen LogP) is 3.70. The van der Waals surface area contributed by atoms with E-state index in [0.717, 1.165) is 40.7 Å². The van der Waals surface area contributed by atoms with Crippen LogP contribution in [0.4, 0.5) is 5.82 Å². The first-order valence-corrected chi connectivity index (χ1v) is 9.26. The van der Waals surface area contributed by atoms with Gasteiger partial charge in [-0.1, -0.05) is 34.5 Å². The number of anilines is 1. The van der Waals surface area contributed by atoms with Gasteiger partial charge in [-0.25, -0.2) is 14.6 Å². The highest BCUT2D eigenvalue weighted by Gasteiger charge is 2.45. The van der Waals surface area contributed by atoms with E-state index in [4.69, 9.17) is 0 Å². The summed E-state index contributed by atoms with van der Waals surface area (Å²) in [4.78, 5) is 21.6. The van der Waals surface area contributed by atoms with E-state index in [1.807, 2.05) is 37.4 Å². The molecule has 4 rings (SSSR count). The summed E-state index contributed by atoms with van der Waals surface area (Å²) in [6.45, 7) is 0. The lowest BCUT2D eigenvalue weighted by molar-refractivity contribution is -0.124. The fraction of sp³-hybridized carbons (Fsp3) is 0.263. The molecule has 0 saturated heterocycles. The van der Waals surface area contributed by atoms with Gasteiger partial charge in [-0.3, -0.25) is 4.79 Å². The Balaban J connectivity index is 1.54. The Kier molecular flexibility index (Phi) is 4.32. The number of amides is 1. The number of nitrogens with zero attached hydrogens (tertiary/aromatic N) is 4. The summed E-state index contributed by atoms with van der Waals surface area (Å²) in [6, 6.07) is 11.7. The molecule has 132 valence electrons. The van der Waals surface area contributed by atoms with Crippen molar-refractivity contribution in [3.05, 3.63) is 59.0 Å². The molecule has 1 saturated carbocycles. The normalized spacial score (nSPS) is 15.3. The third-order valence-electron chi connectivity index (χ3n) is 5.01. The Hall–Kier alpha value is -2.54. The van der Waals surface area contributed by atoms with Crippen molar-refractivity contribution in [2.45, 2.75) is 24.7 Å². The van der Waals surface area contributed by atoms with Crippen molar-refractivity contribution in [3.8, 4) is 11.4 Å². The van der Waals surface area contributed by atoms with Crippen LogP contribution in [0.5, 0.6) is 0 Å². The number of pyridine rings is 1. The predicted molar refractivity (Wildman–Crippen MR) is 103 cm³/mol. The van der Waals surface area contributed by atoms with Crippen LogP contribution >= 0.6 is 15.9 Å². The summed E-state index contributed by atoms with van der Waals surface area (Å²) in [5.41, 5.74) is 1.46. The molecule has 26 heavy (non-hydrogen) atoms. The zero-order valence-electron chi connectivity index (χ0n) is 14.3. The van der Waals surface area contributed by atoms with Crippen LogP contribution in [-0.2, 0) is 17.3 Å². The number of carbonyl (C=O) groups is 1. The highest BCUT2D eigenvalue weighted by atomic mass is 79.9. The monoisotopic (exact) mass is 411 g/mol. The van der Waals surface area contributed by atoms with E-state index in [-0.39, 0.29) is 5.91 Å². The highest BCUT2D eigenvalue weighted by Crippen LogP contribution is 2.44. The molecule has 1 amide bonds. The van der Waals surface area contributed by atoms with Gasteiger partial charge in [0, 0.05) is 23.3 Å². The van der Waals surface area contributed by atoms with Gasteiger partial charge >= 0.3 is 0 Å². The van der Waals surface area contributed by atoms with Crippen LogP contribution in [0.2, 0.25) is 0 Å². The lowest BCUT2D eigenvalue weighted by Crippen LogP contribution is -2.46. The molecule has 0 aliphatic heterocycles. The second-order valence-corrected chi connectivity index (χ2v) is 7.45. The number of carbonyl (C=O) groups excluding carboxylic acids is 1. The molecule has 2 heterocycles. The standard InChI is InChI=1S/C19H18BrN5O/c1-25-17(22-12-23-25)13-3-8-16(21-11-13)24-18(26)19(9-2-10-19)14-4-6-15(20)7-5-14/h3-8,11-12H,2,9-10H2,1H3,(H,21,24,26). The Labute approximate surface area is 159 Å². The molecule has 0 atom stereocenters. The van der Waals surface area contributed by atoms with Crippen LogP contribution < -0.4 is 5.32 Å². The molecule has 0 radical (unpaired) electrons. The second kappa shape index (κ2) is 6.64. The molecule has 2 aromatic heterocycles. The fourth-order valence-corrected chi connectivity index (χ4v) is 3.60. The summed E-state index contributed by atoms with van der Waals surface area (Å²) in [6.07, 6.45) is 5.98. The summed E-state index contributed by atoms with van der Waals surface area (Å²) in [5.74, 6) is 1.29. The van der Waals surface area contributed by atoms with Crippen molar-refractivity contribution in [3.63, 3.8) is 0 Å². The van der Waals surface area contributed by atoms with Crippen LogP contribution in [-0.4, -0.2) is 25.7 Å². The van der Waals surface area contributed by atoms with Gasteiger partial charge in [-0.05, 0) is 42.7 Å². The number of halogens is 1. The van der Waals surface area contributed by atoms with E-state index in [1.165, 1.54) is 6.33 Å². The van der Waals surface area contributed by atoms with Crippen molar-refractivity contribution >= 4 is 27.7 Å². The van der Waals surface area contributed by atoms with E-state index in [9.17, 15) is 4.79 Å². The fourth-order valence-electron chi connectivity index (χ4n) is 3.34. The molecule has 1 N–H and O–H groups in total. The molecule has 0 unspecified atom stereocenters. The topological polar surface area (TPSA) is 72.7 Å². The van der Waals surface area contributed by atoms with Crippen molar-refractivity contribution in [2.24, 2.45) is 7.05 Å². The summed E-state index contributed by atoms with van der Waals surface area (Å²) >= 11 is 3.45. The number of rotatable bonds is 4. The number of aromatic nitrogens is 4. The minimum absolute atomic E-state index is 0.00461. The molecule has 1 aliphatic carbocycles. The number of hydrogen-bond acceptors (Lipinski definition) is 4. The van der Waals surface area contributed by atoms with Gasteiger partial charge in [-0.15, -0.1) is 0 Å². The van der Waals surface area contributed by atoms with Crippen LogP contribution in [0, 0.1) is 0 Å². The molecule has 1 aromatic carbocycles. The van der Waals surface area contributed by atoms with Gasteiger partial charge in [0.05, 0.1) is 5.41 Å². The lowest BCUT2D eigenvalue weighted by Gasteiger charge is -2.40. The van der Waals surface area contributed by atoms with Gasteiger partial charge in [-0.2, -0.15) is 5.10 Å². The number of aryl methyl sites for hydroxylation is 1. The average molecular weight is 412 g/mol. The van der Waals surface area contributed by atoms with Gasteiger partial charge in [0.1, 0.15) is 12.1 Å². The van der Waals surface area contributed by atoms with E-state index in [0.29, 0.717) is 5.82 Å². The number of nitrogens with one attached hydrogen (secondary N) is 1. The van der Waals surface area contributed by atoms with E-state index in [1.54, 1.807) is 16.9 Å². The summed E-state index contributed by atoms with van der Waals surface area (Å²) in [7, 11) is 1.83.